The quantitative estimate of drug-likeness (QED) is 0.509. The van der Waals surface area contributed by atoms with E-state index in [-0.39, 0.29) is 28.3 Å². The summed E-state index contributed by atoms with van der Waals surface area (Å²) >= 11 is 0. The number of carbonyl (C=O) groups is 2. The average Bonchev–Trinajstić information content (AvgIpc) is 2.57. The molecule has 0 saturated heterocycles. The van der Waals surface area contributed by atoms with Gasteiger partial charge in [-0.2, -0.15) is 0 Å². The second-order valence-electron chi connectivity index (χ2n) is 12.4. The predicted octanol–water partition coefficient (Wildman–Crippen LogP) is 7.13. The normalized spacial score (nSPS) is 15.2. The van der Waals surface area contributed by atoms with E-state index in [1.165, 1.54) is 0 Å². The zero-order chi connectivity index (χ0) is 23.2. The Bertz CT molecular complexity index is 764. The van der Waals surface area contributed by atoms with Crippen molar-refractivity contribution in [3.63, 3.8) is 0 Å². The van der Waals surface area contributed by atoms with Gasteiger partial charge in [0, 0.05) is 27.6 Å². The Morgan fingerprint density at radius 2 is 1.10 bits per heavy atom. The minimum absolute atomic E-state index is 0.138. The first-order valence-corrected chi connectivity index (χ1v) is 10.9. The van der Waals surface area contributed by atoms with Crippen molar-refractivity contribution in [2.45, 2.75) is 101 Å². The number of Topliss-reactive ketones (excluding diaryl/α,β-unsaturated/α-hetero) is 2. The molecule has 1 rings (SSSR count). The predicted molar refractivity (Wildman–Crippen MR) is 124 cm³/mol. The summed E-state index contributed by atoms with van der Waals surface area (Å²) in [5.41, 5.74) is 0.207. The molecule has 1 unspecified atom stereocenters. The lowest BCUT2D eigenvalue weighted by Crippen LogP contribution is -2.49. The molecule has 0 aliphatic heterocycles. The average molecular weight is 401 g/mol. The summed E-state index contributed by atoms with van der Waals surface area (Å²) in [6.45, 7) is 26.8. The van der Waals surface area contributed by atoms with Gasteiger partial charge in [-0.3, -0.25) is 9.59 Å². The minimum atomic E-state index is -0.561. The lowest BCUT2D eigenvalue weighted by Gasteiger charge is -2.47. The first-order valence-electron chi connectivity index (χ1n) is 10.9. The zero-order valence-electron chi connectivity index (χ0n) is 21.2. The van der Waals surface area contributed by atoms with E-state index in [0.29, 0.717) is 0 Å². The number of benzene rings is 1. The van der Waals surface area contributed by atoms with Crippen LogP contribution in [0.4, 0.5) is 0 Å². The molecule has 2 heteroatoms. The minimum Gasteiger partial charge on any atom is -0.299 e. The van der Waals surface area contributed by atoms with Crippen molar-refractivity contribution in [1.29, 1.82) is 0 Å². The first kappa shape index (κ1) is 25.6. The molecule has 2 nitrogen and oxygen atoms in total. The highest BCUT2D eigenvalue weighted by Crippen LogP contribution is 2.49. The molecule has 0 bridgehead atoms. The molecule has 1 atom stereocenters. The molecule has 0 heterocycles. The van der Waals surface area contributed by atoms with Crippen LogP contribution >= 0.6 is 0 Å². The van der Waals surface area contributed by atoms with Gasteiger partial charge in [0.15, 0.2) is 0 Å². The molecule has 0 radical (unpaired) electrons. The van der Waals surface area contributed by atoms with Gasteiger partial charge in [0.1, 0.15) is 11.6 Å². The summed E-state index contributed by atoms with van der Waals surface area (Å²) in [5, 5.41) is 0. The molecule has 0 N–H and O–H groups in total. The molecule has 0 aromatic heterocycles. The lowest BCUT2D eigenvalue weighted by atomic mass is 9.55. The number of rotatable bonds is 6. The standard InChI is InChI=1S/C27H44O2/c1-18(21(28)23(2,3)4)25(8,9)19-16-14-15-17-20(19)26(10,11)27(12,13)22(29)24(5,6)7/h14-18H,1-13H3. The van der Waals surface area contributed by atoms with Crippen LogP contribution in [0.15, 0.2) is 24.3 Å². The van der Waals surface area contributed by atoms with Crippen molar-refractivity contribution < 1.29 is 9.59 Å². The van der Waals surface area contributed by atoms with Crippen LogP contribution < -0.4 is 0 Å². The van der Waals surface area contributed by atoms with Crippen molar-refractivity contribution in [2.24, 2.45) is 22.2 Å². The fourth-order valence-electron chi connectivity index (χ4n) is 4.36. The fraction of sp³-hybridized carbons (Fsp3) is 0.704. The number of hydrogen-bond acceptors (Lipinski definition) is 2. The third-order valence-corrected chi connectivity index (χ3v) is 7.32. The van der Waals surface area contributed by atoms with Gasteiger partial charge in [-0.1, -0.05) is 114 Å². The van der Waals surface area contributed by atoms with Gasteiger partial charge >= 0.3 is 0 Å². The molecule has 0 spiro atoms. The third kappa shape index (κ3) is 4.67. The van der Waals surface area contributed by atoms with Crippen molar-refractivity contribution in [2.75, 3.05) is 0 Å². The highest BCUT2D eigenvalue weighted by Gasteiger charge is 2.50. The molecular weight excluding hydrogens is 356 g/mol. The van der Waals surface area contributed by atoms with E-state index in [1.807, 2.05) is 60.6 Å². The first-order chi connectivity index (χ1) is 12.7. The molecule has 0 aliphatic rings. The smallest absolute Gasteiger partial charge is 0.144 e. The van der Waals surface area contributed by atoms with Crippen molar-refractivity contribution in [3.8, 4) is 0 Å². The van der Waals surface area contributed by atoms with Crippen molar-refractivity contribution >= 4 is 11.6 Å². The van der Waals surface area contributed by atoms with E-state index in [4.69, 9.17) is 0 Å². The van der Waals surface area contributed by atoms with Gasteiger partial charge < -0.3 is 0 Å². The van der Waals surface area contributed by atoms with E-state index in [2.05, 4.69) is 53.7 Å². The molecule has 0 saturated carbocycles. The summed E-state index contributed by atoms with van der Waals surface area (Å²) < 4.78 is 0. The summed E-state index contributed by atoms with van der Waals surface area (Å²) in [5.74, 6) is 0.377. The Hall–Kier alpha value is -1.44. The summed E-state index contributed by atoms with van der Waals surface area (Å²) in [4.78, 5) is 26.5. The highest BCUT2D eigenvalue weighted by atomic mass is 16.1. The van der Waals surface area contributed by atoms with Crippen LogP contribution in [-0.2, 0) is 20.4 Å². The maximum absolute atomic E-state index is 13.4. The third-order valence-electron chi connectivity index (χ3n) is 7.32. The topological polar surface area (TPSA) is 34.1 Å². The van der Waals surface area contributed by atoms with E-state index in [0.717, 1.165) is 11.1 Å². The SMILES string of the molecule is CC(C(=O)C(C)(C)C)C(C)(C)c1ccccc1C(C)(C)C(C)(C)C(=O)C(C)(C)C. The summed E-state index contributed by atoms with van der Waals surface area (Å²) in [6, 6.07) is 8.37. The van der Waals surface area contributed by atoms with Crippen molar-refractivity contribution in [3.05, 3.63) is 35.4 Å². The van der Waals surface area contributed by atoms with E-state index >= 15 is 0 Å². The second-order valence-corrected chi connectivity index (χ2v) is 12.4. The van der Waals surface area contributed by atoms with Crippen LogP contribution in [0.2, 0.25) is 0 Å². The van der Waals surface area contributed by atoms with Crippen LogP contribution in [-0.4, -0.2) is 11.6 Å². The summed E-state index contributed by atoms with van der Waals surface area (Å²) in [7, 11) is 0. The molecule has 0 amide bonds. The number of hydrogen-bond donors (Lipinski definition) is 0. The molecule has 1 aromatic carbocycles. The van der Waals surface area contributed by atoms with Gasteiger partial charge in [-0.05, 0) is 16.5 Å². The largest absolute Gasteiger partial charge is 0.299 e. The molecule has 1 aromatic rings. The molecular formula is C27H44O2. The second kappa shape index (κ2) is 7.67. The van der Waals surface area contributed by atoms with Gasteiger partial charge in [0.25, 0.3) is 0 Å². The van der Waals surface area contributed by atoms with Crippen LogP contribution in [0.25, 0.3) is 0 Å². The fourth-order valence-corrected chi connectivity index (χ4v) is 4.36. The van der Waals surface area contributed by atoms with Crippen LogP contribution in [0, 0.1) is 22.2 Å². The van der Waals surface area contributed by atoms with Gasteiger partial charge in [0.2, 0.25) is 0 Å². The Morgan fingerprint density at radius 1 is 0.690 bits per heavy atom. The monoisotopic (exact) mass is 400 g/mol. The molecule has 0 fully saturated rings. The van der Waals surface area contributed by atoms with Crippen molar-refractivity contribution in [1.82, 2.24) is 0 Å². The van der Waals surface area contributed by atoms with E-state index in [9.17, 15) is 9.59 Å². The zero-order valence-corrected chi connectivity index (χ0v) is 21.2. The Morgan fingerprint density at radius 3 is 1.48 bits per heavy atom. The maximum Gasteiger partial charge on any atom is 0.144 e. The van der Waals surface area contributed by atoms with Crippen LogP contribution in [0.5, 0.6) is 0 Å². The van der Waals surface area contributed by atoms with Crippen LogP contribution in [0.3, 0.4) is 0 Å². The van der Waals surface area contributed by atoms with E-state index < -0.39 is 16.2 Å². The summed E-state index contributed by atoms with van der Waals surface area (Å²) in [6.07, 6.45) is 0. The van der Waals surface area contributed by atoms with Gasteiger partial charge in [-0.15, -0.1) is 0 Å². The molecule has 164 valence electrons. The van der Waals surface area contributed by atoms with Gasteiger partial charge in [-0.25, -0.2) is 0 Å². The van der Waals surface area contributed by atoms with E-state index in [1.54, 1.807) is 0 Å². The molecule has 29 heavy (non-hydrogen) atoms. The molecule has 0 aliphatic carbocycles. The Labute approximate surface area is 179 Å². The number of ketones is 2. The maximum atomic E-state index is 13.4. The van der Waals surface area contributed by atoms with Crippen LogP contribution in [0.1, 0.15) is 101 Å². The lowest BCUT2D eigenvalue weighted by molar-refractivity contribution is -0.138. The Balaban J connectivity index is 3.64. The number of carbonyl (C=O) groups excluding carboxylic acids is 2. The van der Waals surface area contributed by atoms with Gasteiger partial charge in [0.05, 0.1) is 0 Å². The Kier molecular flexibility index (Phi) is 6.77. The highest BCUT2D eigenvalue weighted by molar-refractivity contribution is 5.90.